The fourth-order valence-corrected chi connectivity index (χ4v) is 2.23. The van der Waals surface area contributed by atoms with Crippen LogP contribution in [0, 0.1) is 0 Å². The first-order valence-corrected chi connectivity index (χ1v) is 6.15. The first-order valence-electron chi connectivity index (χ1n) is 6.15. The van der Waals surface area contributed by atoms with Crippen LogP contribution in [0.4, 0.5) is 11.4 Å². The zero-order chi connectivity index (χ0) is 12.3. The second kappa shape index (κ2) is 5.27. The van der Waals surface area contributed by atoms with Gasteiger partial charge in [-0.15, -0.1) is 0 Å². The van der Waals surface area contributed by atoms with E-state index in [0.29, 0.717) is 18.8 Å². The van der Waals surface area contributed by atoms with Crippen LogP contribution >= 0.6 is 0 Å². The Kier molecular flexibility index (Phi) is 3.74. The van der Waals surface area contributed by atoms with Crippen LogP contribution in [-0.4, -0.2) is 30.9 Å². The summed E-state index contributed by atoms with van der Waals surface area (Å²) in [5.41, 5.74) is 7.60. The monoisotopic (exact) mass is 236 g/mol. The largest absolute Gasteiger partial charge is 0.494 e. The number of nitrogens with zero attached hydrogens (tertiary/aromatic N) is 1. The predicted molar refractivity (Wildman–Crippen MR) is 69.5 cm³/mol. The summed E-state index contributed by atoms with van der Waals surface area (Å²) in [5, 5.41) is 9.68. The predicted octanol–water partition coefficient (Wildman–Crippen LogP) is 1.63. The quantitative estimate of drug-likeness (QED) is 0.783. The van der Waals surface area contributed by atoms with E-state index < -0.39 is 0 Å². The molecule has 0 saturated carbocycles. The lowest BCUT2D eigenvalue weighted by molar-refractivity contribution is 0.154. The van der Waals surface area contributed by atoms with Crippen LogP contribution in [0.3, 0.4) is 0 Å². The fourth-order valence-electron chi connectivity index (χ4n) is 2.23. The van der Waals surface area contributed by atoms with Crippen LogP contribution in [0.25, 0.3) is 0 Å². The van der Waals surface area contributed by atoms with Gasteiger partial charge < -0.3 is 20.5 Å². The topological polar surface area (TPSA) is 58.7 Å². The molecule has 94 valence electrons. The molecule has 3 N–H and O–H groups in total. The van der Waals surface area contributed by atoms with Crippen molar-refractivity contribution in [3.63, 3.8) is 0 Å². The molecule has 0 aliphatic carbocycles. The van der Waals surface area contributed by atoms with Crippen molar-refractivity contribution in [3.8, 4) is 5.75 Å². The van der Waals surface area contributed by atoms with Gasteiger partial charge in [0.05, 0.1) is 12.7 Å². The van der Waals surface area contributed by atoms with E-state index in [2.05, 4.69) is 4.90 Å². The third-order valence-electron chi connectivity index (χ3n) is 2.99. The van der Waals surface area contributed by atoms with E-state index in [1.165, 1.54) is 0 Å². The average molecular weight is 236 g/mol. The highest BCUT2D eigenvalue weighted by Gasteiger charge is 2.18. The van der Waals surface area contributed by atoms with Gasteiger partial charge in [0.15, 0.2) is 0 Å². The van der Waals surface area contributed by atoms with E-state index in [1.807, 2.05) is 25.1 Å². The van der Waals surface area contributed by atoms with E-state index >= 15 is 0 Å². The van der Waals surface area contributed by atoms with Gasteiger partial charge in [-0.05, 0) is 25.8 Å². The molecule has 1 aromatic rings. The van der Waals surface area contributed by atoms with Gasteiger partial charge >= 0.3 is 0 Å². The summed E-state index contributed by atoms with van der Waals surface area (Å²) in [6.07, 6.45) is 1.66. The van der Waals surface area contributed by atoms with Gasteiger partial charge in [0.25, 0.3) is 0 Å². The Morgan fingerprint density at radius 2 is 2.29 bits per heavy atom. The Balaban J connectivity index is 2.18. The number of piperidine rings is 1. The summed E-state index contributed by atoms with van der Waals surface area (Å²) in [4.78, 5) is 2.16. The number of rotatable bonds is 3. The summed E-state index contributed by atoms with van der Waals surface area (Å²) in [6, 6.07) is 5.74. The molecule has 1 aliphatic rings. The SMILES string of the molecule is CCOc1cc(N)cc(N2CCCC(O)C2)c1. The summed E-state index contributed by atoms with van der Waals surface area (Å²) in [5.74, 6) is 0.794. The highest BCUT2D eigenvalue weighted by Crippen LogP contribution is 2.27. The van der Waals surface area contributed by atoms with Crippen molar-refractivity contribution in [2.24, 2.45) is 0 Å². The lowest BCUT2D eigenvalue weighted by Gasteiger charge is -2.32. The van der Waals surface area contributed by atoms with Crippen LogP contribution < -0.4 is 15.4 Å². The highest BCUT2D eigenvalue weighted by atomic mass is 16.5. The normalized spacial score (nSPS) is 20.4. The Hall–Kier alpha value is -1.42. The van der Waals surface area contributed by atoms with E-state index in [1.54, 1.807) is 0 Å². The number of ether oxygens (including phenoxy) is 1. The average Bonchev–Trinajstić information content (AvgIpc) is 2.28. The number of aliphatic hydroxyl groups is 1. The van der Waals surface area contributed by atoms with Gasteiger partial charge in [-0.2, -0.15) is 0 Å². The van der Waals surface area contributed by atoms with E-state index in [4.69, 9.17) is 10.5 Å². The zero-order valence-electron chi connectivity index (χ0n) is 10.2. The van der Waals surface area contributed by atoms with Crippen LogP contribution in [0.5, 0.6) is 5.75 Å². The van der Waals surface area contributed by atoms with Gasteiger partial charge in [0, 0.05) is 36.6 Å². The maximum absolute atomic E-state index is 9.68. The molecule has 17 heavy (non-hydrogen) atoms. The molecule has 1 aromatic carbocycles. The van der Waals surface area contributed by atoms with Crippen LogP contribution in [0.2, 0.25) is 0 Å². The molecule has 1 unspecified atom stereocenters. The fraction of sp³-hybridized carbons (Fsp3) is 0.538. The first kappa shape index (κ1) is 12.0. The van der Waals surface area contributed by atoms with Gasteiger partial charge in [0.1, 0.15) is 5.75 Å². The minimum atomic E-state index is -0.235. The Morgan fingerprint density at radius 1 is 1.47 bits per heavy atom. The molecule has 0 amide bonds. The van der Waals surface area contributed by atoms with Crippen LogP contribution in [-0.2, 0) is 0 Å². The number of nitrogen functional groups attached to an aromatic ring is 1. The minimum Gasteiger partial charge on any atom is -0.494 e. The van der Waals surface area contributed by atoms with E-state index in [-0.39, 0.29) is 6.10 Å². The molecule has 0 spiro atoms. The Morgan fingerprint density at radius 3 is 3.00 bits per heavy atom. The number of β-amino-alcohol motifs (C(OH)–C–C–N with tert-alkyl or cyclic N) is 1. The van der Waals surface area contributed by atoms with Gasteiger partial charge in [0.2, 0.25) is 0 Å². The Bertz CT molecular complexity index is 382. The molecule has 0 bridgehead atoms. The smallest absolute Gasteiger partial charge is 0.123 e. The molecule has 1 saturated heterocycles. The van der Waals surface area contributed by atoms with Crippen molar-refractivity contribution >= 4 is 11.4 Å². The standard InChI is InChI=1S/C13H20N2O2/c1-2-17-13-7-10(14)6-11(8-13)15-5-3-4-12(16)9-15/h6-8,12,16H,2-5,9,14H2,1H3. The molecule has 1 heterocycles. The number of anilines is 2. The molecule has 0 aromatic heterocycles. The second-order valence-electron chi connectivity index (χ2n) is 4.44. The first-order chi connectivity index (χ1) is 8.19. The Labute approximate surface area is 102 Å². The molecule has 0 radical (unpaired) electrons. The third-order valence-corrected chi connectivity index (χ3v) is 2.99. The molecule has 1 atom stereocenters. The number of benzene rings is 1. The van der Waals surface area contributed by atoms with Crippen molar-refractivity contribution in [3.05, 3.63) is 18.2 Å². The number of hydrogen-bond donors (Lipinski definition) is 2. The summed E-state index contributed by atoms with van der Waals surface area (Å²) in [7, 11) is 0. The van der Waals surface area contributed by atoms with E-state index in [0.717, 1.165) is 30.8 Å². The zero-order valence-corrected chi connectivity index (χ0v) is 10.2. The van der Waals surface area contributed by atoms with Gasteiger partial charge in [-0.1, -0.05) is 0 Å². The third kappa shape index (κ3) is 3.03. The summed E-state index contributed by atoms with van der Waals surface area (Å²) >= 11 is 0. The van der Waals surface area contributed by atoms with Crippen molar-refractivity contribution in [1.29, 1.82) is 0 Å². The molecule has 4 heteroatoms. The molecule has 1 fully saturated rings. The molecule has 2 rings (SSSR count). The number of hydrogen-bond acceptors (Lipinski definition) is 4. The van der Waals surface area contributed by atoms with Crippen molar-refractivity contribution in [1.82, 2.24) is 0 Å². The molecular formula is C13H20N2O2. The number of aliphatic hydroxyl groups excluding tert-OH is 1. The van der Waals surface area contributed by atoms with Crippen LogP contribution in [0.1, 0.15) is 19.8 Å². The van der Waals surface area contributed by atoms with Crippen molar-refractivity contribution in [2.45, 2.75) is 25.9 Å². The molecule has 4 nitrogen and oxygen atoms in total. The maximum atomic E-state index is 9.68. The highest BCUT2D eigenvalue weighted by molar-refractivity contribution is 5.60. The van der Waals surface area contributed by atoms with Gasteiger partial charge in [-0.3, -0.25) is 0 Å². The van der Waals surface area contributed by atoms with Crippen molar-refractivity contribution < 1.29 is 9.84 Å². The maximum Gasteiger partial charge on any atom is 0.123 e. The van der Waals surface area contributed by atoms with E-state index in [9.17, 15) is 5.11 Å². The number of nitrogens with two attached hydrogens (primary N) is 1. The summed E-state index contributed by atoms with van der Waals surface area (Å²) < 4.78 is 5.48. The van der Waals surface area contributed by atoms with Crippen molar-refractivity contribution in [2.75, 3.05) is 30.3 Å². The summed E-state index contributed by atoms with van der Waals surface area (Å²) in [6.45, 7) is 4.22. The second-order valence-corrected chi connectivity index (χ2v) is 4.44. The minimum absolute atomic E-state index is 0.235. The van der Waals surface area contributed by atoms with Crippen LogP contribution in [0.15, 0.2) is 18.2 Å². The van der Waals surface area contributed by atoms with Gasteiger partial charge in [-0.25, -0.2) is 0 Å². The molecular weight excluding hydrogens is 216 g/mol. The molecule has 1 aliphatic heterocycles. The lowest BCUT2D eigenvalue weighted by Crippen LogP contribution is -2.38. The lowest BCUT2D eigenvalue weighted by atomic mass is 10.1.